The van der Waals surface area contributed by atoms with Gasteiger partial charge >= 0.3 is 5.97 Å². The molecule has 25 heavy (non-hydrogen) atoms. The fraction of sp³-hybridized carbons (Fsp3) is 0.158. The van der Waals surface area contributed by atoms with E-state index in [1.54, 1.807) is 24.5 Å². The predicted octanol–water partition coefficient (Wildman–Crippen LogP) is 4.92. The number of nitrogens with zero attached hydrogens (tertiary/aromatic N) is 1. The molecule has 0 radical (unpaired) electrons. The number of thiophene rings is 1. The Hall–Kier alpha value is -2.86. The number of hydrogen-bond donors (Lipinski definition) is 0. The topological polar surface area (TPSA) is 65.5 Å². The van der Waals surface area contributed by atoms with Crippen LogP contribution < -0.4 is 0 Å². The van der Waals surface area contributed by atoms with Crippen molar-refractivity contribution in [3.63, 3.8) is 0 Å². The van der Waals surface area contributed by atoms with Crippen LogP contribution in [-0.4, -0.2) is 17.6 Å². The first-order chi connectivity index (χ1) is 12.2. The summed E-state index contributed by atoms with van der Waals surface area (Å²) in [5.74, 6) is 0.779. The van der Waals surface area contributed by atoms with Gasteiger partial charge in [-0.05, 0) is 42.6 Å². The van der Waals surface area contributed by atoms with Gasteiger partial charge in [-0.15, -0.1) is 11.3 Å². The first-order valence-electron chi connectivity index (χ1n) is 7.91. The third kappa shape index (κ3) is 3.08. The first-order valence-corrected chi connectivity index (χ1v) is 8.79. The summed E-state index contributed by atoms with van der Waals surface area (Å²) in [4.78, 5) is 17.4. The Morgan fingerprint density at radius 2 is 2.20 bits per heavy atom. The highest BCUT2D eigenvalue weighted by Gasteiger charge is 2.20. The molecule has 126 valence electrons. The van der Waals surface area contributed by atoms with E-state index in [0.29, 0.717) is 24.0 Å². The maximum absolute atomic E-state index is 11.9. The molecule has 0 aliphatic heterocycles. The molecule has 6 heteroatoms. The van der Waals surface area contributed by atoms with Crippen LogP contribution in [0.5, 0.6) is 0 Å². The molecule has 0 N–H and O–H groups in total. The number of hydrogen-bond acceptors (Lipinski definition) is 6. The monoisotopic (exact) mass is 353 g/mol. The van der Waals surface area contributed by atoms with E-state index in [0.717, 1.165) is 21.4 Å². The van der Waals surface area contributed by atoms with Crippen molar-refractivity contribution >= 4 is 28.3 Å². The molecule has 0 saturated carbocycles. The molecule has 4 rings (SSSR count). The number of oxazole rings is 1. The number of furan rings is 1. The zero-order chi connectivity index (χ0) is 17.2. The summed E-state index contributed by atoms with van der Waals surface area (Å²) >= 11 is 1.54. The van der Waals surface area contributed by atoms with Gasteiger partial charge in [-0.2, -0.15) is 0 Å². The summed E-state index contributed by atoms with van der Waals surface area (Å²) in [6.45, 7) is 2.13. The largest absolute Gasteiger partial charge is 0.466 e. The average Bonchev–Trinajstić information content (AvgIpc) is 3.34. The van der Waals surface area contributed by atoms with Crippen LogP contribution in [0.2, 0.25) is 0 Å². The van der Waals surface area contributed by atoms with E-state index < -0.39 is 0 Å². The van der Waals surface area contributed by atoms with Gasteiger partial charge in [0.2, 0.25) is 5.89 Å². The molecular formula is C19H15NO4S. The smallest absolute Gasteiger partial charge is 0.312 e. The Balaban J connectivity index is 1.76. The van der Waals surface area contributed by atoms with E-state index in [1.807, 2.05) is 41.8 Å². The van der Waals surface area contributed by atoms with Gasteiger partial charge < -0.3 is 13.6 Å². The second-order valence-corrected chi connectivity index (χ2v) is 6.37. The number of ether oxygens (including phenoxy) is 1. The van der Waals surface area contributed by atoms with Crippen LogP contribution in [0.25, 0.3) is 33.1 Å². The van der Waals surface area contributed by atoms with E-state index in [9.17, 15) is 4.79 Å². The molecule has 1 aromatic carbocycles. The molecule has 0 aliphatic rings. The van der Waals surface area contributed by atoms with Crippen LogP contribution >= 0.6 is 11.3 Å². The molecule has 0 fully saturated rings. The fourth-order valence-corrected chi connectivity index (χ4v) is 3.37. The number of carbonyl (C=O) groups excluding carboxylic acids is 1. The Kier molecular flexibility index (Phi) is 4.11. The first kappa shape index (κ1) is 15.7. The molecule has 0 atom stereocenters. The van der Waals surface area contributed by atoms with Crippen LogP contribution in [0.1, 0.15) is 12.6 Å². The Labute approximate surface area is 147 Å². The minimum atomic E-state index is -0.314. The van der Waals surface area contributed by atoms with Crippen molar-refractivity contribution in [3.05, 3.63) is 53.7 Å². The second kappa shape index (κ2) is 6.57. The fourth-order valence-electron chi connectivity index (χ4n) is 2.64. The number of fused-ring (bicyclic) bond motifs is 1. The van der Waals surface area contributed by atoms with Crippen molar-refractivity contribution in [2.45, 2.75) is 13.3 Å². The van der Waals surface area contributed by atoms with E-state index in [2.05, 4.69) is 4.98 Å². The average molecular weight is 353 g/mol. The number of esters is 1. The van der Waals surface area contributed by atoms with Crippen molar-refractivity contribution in [2.75, 3.05) is 6.61 Å². The van der Waals surface area contributed by atoms with Gasteiger partial charge in [0.25, 0.3) is 0 Å². The van der Waals surface area contributed by atoms with Gasteiger partial charge in [-0.3, -0.25) is 4.79 Å². The van der Waals surface area contributed by atoms with Crippen molar-refractivity contribution in [3.8, 4) is 22.1 Å². The summed E-state index contributed by atoms with van der Waals surface area (Å²) in [5, 5.41) is 2.93. The van der Waals surface area contributed by atoms with E-state index in [4.69, 9.17) is 13.6 Å². The highest BCUT2D eigenvalue weighted by atomic mass is 32.1. The molecule has 3 aromatic heterocycles. The minimum Gasteiger partial charge on any atom is -0.466 e. The van der Waals surface area contributed by atoms with E-state index in [-0.39, 0.29) is 12.4 Å². The van der Waals surface area contributed by atoms with Crippen LogP contribution in [-0.2, 0) is 16.0 Å². The van der Waals surface area contributed by atoms with Crippen LogP contribution in [0.15, 0.2) is 56.9 Å². The highest BCUT2D eigenvalue weighted by molar-refractivity contribution is 7.13. The van der Waals surface area contributed by atoms with Gasteiger partial charge in [0.05, 0.1) is 29.9 Å². The van der Waals surface area contributed by atoms with Crippen LogP contribution in [0.3, 0.4) is 0 Å². The Morgan fingerprint density at radius 3 is 3.00 bits per heavy atom. The molecule has 0 bridgehead atoms. The van der Waals surface area contributed by atoms with Crippen molar-refractivity contribution in [1.82, 2.24) is 4.98 Å². The number of carbonyl (C=O) groups is 1. The number of rotatable bonds is 5. The van der Waals surface area contributed by atoms with Crippen LogP contribution in [0, 0.1) is 0 Å². The van der Waals surface area contributed by atoms with Crippen LogP contribution in [0.4, 0.5) is 0 Å². The van der Waals surface area contributed by atoms with Gasteiger partial charge in [0, 0.05) is 10.9 Å². The summed E-state index contributed by atoms with van der Waals surface area (Å²) in [7, 11) is 0. The quantitative estimate of drug-likeness (QED) is 0.476. The predicted molar refractivity (Wildman–Crippen MR) is 95.4 cm³/mol. The standard InChI is InChI=1S/C19H15NO4S/c1-2-22-17(21)11-14-18(16-4-3-9-25-16)24-19(20-14)13-5-6-15-12(10-13)7-8-23-15/h3-10H,2,11H2,1H3. The zero-order valence-corrected chi connectivity index (χ0v) is 14.3. The Morgan fingerprint density at radius 1 is 1.28 bits per heavy atom. The lowest BCUT2D eigenvalue weighted by Gasteiger charge is -1.99. The Bertz CT molecular complexity index is 1010. The molecule has 5 nitrogen and oxygen atoms in total. The second-order valence-electron chi connectivity index (χ2n) is 5.43. The number of benzene rings is 1. The minimum absolute atomic E-state index is 0.0819. The van der Waals surface area contributed by atoms with Gasteiger partial charge in [0.15, 0.2) is 5.76 Å². The lowest BCUT2D eigenvalue weighted by Crippen LogP contribution is -2.08. The van der Waals surface area contributed by atoms with Crippen molar-refractivity contribution in [1.29, 1.82) is 0 Å². The molecule has 0 amide bonds. The summed E-state index contributed by atoms with van der Waals surface area (Å²) in [6, 6.07) is 11.5. The molecule has 0 unspecified atom stereocenters. The molecular weight excluding hydrogens is 338 g/mol. The maximum Gasteiger partial charge on any atom is 0.312 e. The highest BCUT2D eigenvalue weighted by Crippen LogP contribution is 2.34. The third-order valence-electron chi connectivity index (χ3n) is 3.76. The summed E-state index contributed by atoms with van der Waals surface area (Å²) < 4.78 is 16.4. The SMILES string of the molecule is CCOC(=O)Cc1nc(-c2ccc3occc3c2)oc1-c1cccs1. The van der Waals surface area contributed by atoms with Gasteiger partial charge in [-0.1, -0.05) is 6.07 Å². The normalized spacial score (nSPS) is 11.1. The molecule has 0 aliphatic carbocycles. The molecule has 4 aromatic rings. The number of aromatic nitrogens is 1. The van der Waals surface area contributed by atoms with E-state index >= 15 is 0 Å². The third-order valence-corrected chi connectivity index (χ3v) is 4.63. The lowest BCUT2D eigenvalue weighted by molar-refractivity contribution is -0.142. The van der Waals surface area contributed by atoms with Gasteiger partial charge in [0.1, 0.15) is 5.58 Å². The van der Waals surface area contributed by atoms with E-state index in [1.165, 1.54) is 0 Å². The maximum atomic E-state index is 11.9. The molecule has 0 saturated heterocycles. The van der Waals surface area contributed by atoms with Gasteiger partial charge in [-0.25, -0.2) is 4.98 Å². The van der Waals surface area contributed by atoms with Crippen molar-refractivity contribution in [2.24, 2.45) is 0 Å². The molecule has 3 heterocycles. The lowest BCUT2D eigenvalue weighted by atomic mass is 10.1. The summed E-state index contributed by atoms with van der Waals surface area (Å²) in [5.41, 5.74) is 2.23. The molecule has 0 spiro atoms. The zero-order valence-electron chi connectivity index (χ0n) is 13.5. The summed E-state index contributed by atoms with van der Waals surface area (Å²) in [6.07, 6.45) is 1.73. The van der Waals surface area contributed by atoms with Crippen molar-refractivity contribution < 1.29 is 18.4 Å².